The fourth-order valence-corrected chi connectivity index (χ4v) is 7.20. The minimum atomic E-state index is -2.57. The molecule has 6 nitrogen and oxygen atoms in total. The van der Waals surface area contributed by atoms with Crippen molar-refractivity contribution in [2.75, 3.05) is 6.26 Å². The largest absolute Gasteiger partial charge is 0.349 e. The number of carbonyl (C=O) groups excluding carboxylic acids is 1. The molecule has 3 aromatic rings. The number of fused-ring (bicyclic) bond motifs is 1. The summed E-state index contributed by atoms with van der Waals surface area (Å²) in [5.74, 6) is 0.413. The molecule has 0 saturated heterocycles. The molecule has 2 heterocycles. The van der Waals surface area contributed by atoms with E-state index in [0.29, 0.717) is 21.9 Å². The van der Waals surface area contributed by atoms with E-state index in [1.54, 1.807) is 35.0 Å². The van der Waals surface area contributed by atoms with Crippen LogP contribution in [-0.4, -0.2) is 32.4 Å². The van der Waals surface area contributed by atoms with Crippen molar-refractivity contribution in [1.82, 2.24) is 15.3 Å². The molecule has 2 aliphatic carbocycles. The molecule has 162 valence electrons. The first kappa shape index (κ1) is 21.3. The van der Waals surface area contributed by atoms with Crippen LogP contribution in [0, 0.1) is 12.3 Å². The van der Waals surface area contributed by atoms with E-state index in [9.17, 15) is 9.00 Å². The van der Waals surface area contributed by atoms with Crippen LogP contribution >= 0.6 is 34.2 Å². The van der Waals surface area contributed by atoms with E-state index >= 15 is 0 Å². The van der Waals surface area contributed by atoms with Crippen molar-refractivity contribution in [1.29, 1.82) is 0 Å². The highest BCUT2D eigenvalue weighted by Gasteiger charge is 2.54. The smallest absolute Gasteiger partial charge is 0.251 e. The standard InChI is InChI=1S/C22H23IN4O2S2/c1-13-3-4-18-17(7-13)26-21(30-18)15-9-22(10-15)11-16(12-22)25-20(28)14-5-6-24-19(8-14)31(2,29)27-23/h3-8,15-16H,9-12H2,1-2H3,(H,25,28). The van der Waals surface area contributed by atoms with Gasteiger partial charge in [-0.25, -0.2) is 14.2 Å². The molecule has 1 aromatic carbocycles. The van der Waals surface area contributed by atoms with Crippen molar-refractivity contribution < 1.29 is 9.00 Å². The number of benzene rings is 1. The zero-order chi connectivity index (χ0) is 21.8. The molecular weight excluding hydrogens is 543 g/mol. The first-order chi connectivity index (χ1) is 14.8. The summed E-state index contributed by atoms with van der Waals surface area (Å²) in [5.41, 5.74) is 3.20. The van der Waals surface area contributed by atoms with Gasteiger partial charge in [0.05, 0.1) is 47.8 Å². The molecule has 1 N–H and O–H groups in total. The highest BCUT2D eigenvalue weighted by atomic mass is 127. The first-order valence-electron chi connectivity index (χ1n) is 10.2. The third-order valence-electron chi connectivity index (χ3n) is 6.48. The van der Waals surface area contributed by atoms with Gasteiger partial charge in [0.1, 0.15) is 5.03 Å². The Morgan fingerprint density at radius 3 is 2.77 bits per heavy atom. The van der Waals surface area contributed by atoms with Crippen LogP contribution in [0.1, 0.15) is 52.5 Å². The Balaban J connectivity index is 1.18. The Bertz CT molecular complexity index is 1300. The summed E-state index contributed by atoms with van der Waals surface area (Å²) in [4.78, 5) is 21.7. The van der Waals surface area contributed by atoms with Gasteiger partial charge in [0.2, 0.25) is 0 Å². The van der Waals surface area contributed by atoms with Gasteiger partial charge in [-0.2, -0.15) is 2.58 Å². The fourth-order valence-electron chi connectivity index (χ4n) is 4.87. The van der Waals surface area contributed by atoms with E-state index in [2.05, 4.69) is 38.0 Å². The predicted octanol–water partition coefficient (Wildman–Crippen LogP) is 5.26. The van der Waals surface area contributed by atoms with Crippen molar-refractivity contribution in [3.8, 4) is 0 Å². The molecule has 5 rings (SSSR count). The van der Waals surface area contributed by atoms with Gasteiger partial charge in [0, 0.05) is 30.0 Å². The van der Waals surface area contributed by atoms with Crippen molar-refractivity contribution in [2.45, 2.75) is 49.6 Å². The summed E-state index contributed by atoms with van der Waals surface area (Å²) in [6.07, 6.45) is 7.40. The van der Waals surface area contributed by atoms with Crippen molar-refractivity contribution in [3.05, 3.63) is 52.7 Å². The van der Waals surface area contributed by atoms with Gasteiger partial charge in [0.25, 0.3) is 5.91 Å². The number of rotatable bonds is 4. The van der Waals surface area contributed by atoms with E-state index in [4.69, 9.17) is 4.98 Å². The van der Waals surface area contributed by atoms with Gasteiger partial charge in [-0.05, 0) is 67.9 Å². The highest BCUT2D eigenvalue weighted by Crippen LogP contribution is 2.62. The maximum atomic E-state index is 12.7. The zero-order valence-corrected chi connectivity index (χ0v) is 21.1. The Hall–Kier alpha value is -1.59. The fraction of sp³-hybridized carbons (Fsp3) is 0.409. The number of hydrogen-bond donors (Lipinski definition) is 1. The minimum absolute atomic E-state index is 0.135. The number of nitrogens with zero attached hydrogens (tertiary/aromatic N) is 3. The normalized spacial score (nSPS) is 26.7. The minimum Gasteiger partial charge on any atom is -0.349 e. The van der Waals surface area contributed by atoms with Crippen molar-refractivity contribution >= 4 is 60.1 Å². The van der Waals surface area contributed by atoms with Gasteiger partial charge < -0.3 is 5.32 Å². The van der Waals surface area contributed by atoms with Gasteiger partial charge >= 0.3 is 0 Å². The summed E-state index contributed by atoms with van der Waals surface area (Å²) in [7, 11) is -2.57. The number of halogens is 1. The molecule has 0 aliphatic heterocycles. The first-order valence-corrected chi connectivity index (χ1v) is 13.9. The summed E-state index contributed by atoms with van der Waals surface area (Å²) in [6.45, 7) is 2.10. The predicted molar refractivity (Wildman–Crippen MR) is 132 cm³/mol. The average Bonchev–Trinajstić information content (AvgIpc) is 3.11. The van der Waals surface area contributed by atoms with Crippen LogP contribution in [0.5, 0.6) is 0 Å². The lowest BCUT2D eigenvalue weighted by Crippen LogP contribution is -2.55. The maximum Gasteiger partial charge on any atom is 0.251 e. The number of amides is 1. The molecule has 2 fully saturated rings. The maximum absolute atomic E-state index is 12.7. The second kappa shape index (κ2) is 7.77. The summed E-state index contributed by atoms with van der Waals surface area (Å²) < 4.78 is 17.5. The monoisotopic (exact) mass is 566 g/mol. The average molecular weight is 566 g/mol. The second-order valence-corrected chi connectivity index (χ2v) is 13.4. The van der Waals surface area contributed by atoms with Gasteiger partial charge in [0.15, 0.2) is 0 Å². The molecule has 1 atom stereocenters. The number of aryl methyl sites for hydroxylation is 1. The van der Waals surface area contributed by atoms with E-state index in [1.807, 2.05) is 11.3 Å². The molecule has 0 radical (unpaired) electrons. The Labute approximate surface area is 199 Å². The third-order valence-corrected chi connectivity index (χ3v) is 11.2. The van der Waals surface area contributed by atoms with Crippen LogP contribution < -0.4 is 5.32 Å². The highest BCUT2D eigenvalue weighted by molar-refractivity contribution is 14.1. The molecule has 2 aromatic heterocycles. The third kappa shape index (κ3) is 4.00. The molecular formula is C22H23IN4O2S2. The van der Waals surface area contributed by atoms with E-state index in [-0.39, 0.29) is 11.9 Å². The van der Waals surface area contributed by atoms with E-state index < -0.39 is 9.73 Å². The summed E-state index contributed by atoms with van der Waals surface area (Å²) in [5, 5.41) is 4.73. The summed E-state index contributed by atoms with van der Waals surface area (Å²) in [6, 6.07) is 9.92. The van der Waals surface area contributed by atoms with Crippen LogP contribution in [0.4, 0.5) is 0 Å². The number of pyridine rings is 1. The van der Waals surface area contributed by atoms with Crippen LogP contribution in [0.15, 0.2) is 44.1 Å². The molecule has 9 heteroatoms. The molecule has 2 aliphatic rings. The topological polar surface area (TPSA) is 84.3 Å². The molecule has 1 unspecified atom stereocenters. The zero-order valence-electron chi connectivity index (χ0n) is 17.3. The van der Waals surface area contributed by atoms with Crippen LogP contribution in [0.2, 0.25) is 0 Å². The number of carbonyl (C=O) groups is 1. The summed E-state index contributed by atoms with van der Waals surface area (Å²) >= 11 is 3.55. The van der Waals surface area contributed by atoms with Crippen molar-refractivity contribution in [3.63, 3.8) is 0 Å². The van der Waals surface area contributed by atoms with Crippen molar-refractivity contribution in [2.24, 2.45) is 7.99 Å². The van der Waals surface area contributed by atoms with E-state index in [1.165, 1.54) is 27.7 Å². The van der Waals surface area contributed by atoms with E-state index in [0.717, 1.165) is 31.2 Å². The Kier molecular flexibility index (Phi) is 5.33. The SMILES string of the molecule is Cc1ccc2sc(C3CC4(CC(NC(=O)c5ccnc(S(C)(=O)=NI)c5)C4)C3)nc2c1. The molecule has 31 heavy (non-hydrogen) atoms. The number of nitrogens with one attached hydrogen (secondary N) is 1. The number of hydrogen-bond acceptors (Lipinski definition) is 6. The van der Waals surface area contributed by atoms with Crippen LogP contribution in [0.25, 0.3) is 10.2 Å². The second-order valence-electron chi connectivity index (χ2n) is 8.96. The van der Waals surface area contributed by atoms with Crippen LogP contribution in [0.3, 0.4) is 0 Å². The lowest BCUT2D eigenvalue weighted by Gasteiger charge is -2.57. The lowest BCUT2D eigenvalue weighted by atomic mass is 9.50. The van der Waals surface area contributed by atoms with Gasteiger partial charge in [-0.3, -0.25) is 4.79 Å². The van der Waals surface area contributed by atoms with Gasteiger partial charge in [-0.1, -0.05) is 6.07 Å². The molecule has 1 spiro atoms. The number of aromatic nitrogens is 2. The quantitative estimate of drug-likeness (QED) is 0.437. The van der Waals surface area contributed by atoms with Crippen LogP contribution in [-0.2, 0) is 9.73 Å². The Morgan fingerprint density at radius 1 is 1.26 bits per heavy atom. The molecule has 0 bridgehead atoms. The van der Waals surface area contributed by atoms with Gasteiger partial charge in [-0.15, -0.1) is 11.3 Å². The number of thiazole rings is 1. The molecule has 1 amide bonds. The Morgan fingerprint density at radius 2 is 2.03 bits per heavy atom. The lowest BCUT2D eigenvalue weighted by molar-refractivity contribution is -0.0187. The molecule has 2 saturated carbocycles.